The highest BCUT2D eigenvalue weighted by atomic mass is 16.3. The highest BCUT2D eigenvalue weighted by Crippen LogP contribution is 2.28. The molecule has 0 saturated carbocycles. The number of rotatable bonds is 6. The summed E-state index contributed by atoms with van der Waals surface area (Å²) in [7, 11) is 0. The summed E-state index contributed by atoms with van der Waals surface area (Å²) in [5, 5.41) is 16.2. The summed E-state index contributed by atoms with van der Waals surface area (Å²) >= 11 is 0. The molecule has 0 spiro atoms. The van der Waals surface area contributed by atoms with Gasteiger partial charge in [0.2, 0.25) is 0 Å². The smallest absolute Gasteiger partial charge is 0.0843 e. The van der Waals surface area contributed by atoms with E-state index in [0.29, 0.717) is 19.0 Å². The van der Waals surface area contributed by atoms with E-state index in [1.54, 1.807) is 0 Å². The maximum absolute atomic E-state index is 10.4. The molecule has 0 aliphatic carbocycles. The molecule has 1 aromatic heterocycles. The van der Waals surface area contributed by atoms with Crippen LogP contribution in [-0.4, -0.2) is 28.9 Å². The van der Waals surface area contributed by atoms with Gasteiger partial charge in [-0.05, 0) is 24.6 Å². The van der Waals surface area contributed by atoms with E-state index in [9.17, 15) is 5.11 Å². The standard InChI is InChI=1S/C19H24N2O/c1-14(2)11-20-12-15(22)13-21-18-9-5-3-7-16(18)17-8-4-6-10-19(17)21/h3-10,14-15,20,22H,11-13H2,1-2H3. The molecule has 22 heavy (non-hydrogen) atoms. The molecule has 3 rings (SSSR count). The first-order chi connectivity index (χ1) is 10.7. The Hall–Kier alpha value is -1.84. The molecule has 0 fully saturated rings. The Morgan fingerprint density at radius 2 is 1.45 bits per heavy atom. The van der Waals surface area contributed by atoms with Crippen LogP contribution in [-0.2, 0) is 6.54 Å². The van der Waals surface area contributed by atoms with Crippen molar-refractivity contribution in [2.24, 2.45) is 5.92 Å². The molecule has 116 valence electrons. The lowest BCUT2D eigenvalue weighted by Gasteiger charge is -2.15. The van der Waals surface area contributed by atoms with Crippen LogP contribution in [0.5, 0.6) is 0 Å². The zero-order valence-electron chi connectivity index (χ0n) is 13.3. The lowest BCUT2D eigenvalue weighted by atomic mass is 10.2. The van der Waals surface area contributed by atoms with Crippen molar-refractivity contribution in [3.8, 4) is 0 Å². The Bertz CT molecular complexity index is 707. The third kappa shape index (κ3) is 3.01. The van der Waals surface area contributed by atoms with Gasteiger partial charge in [0.05, 0.1) is 12.6 Å². The molecule has 0 aliphatic rings. The summed E-state index contributed by atoms with van der Waals surface area (Å²) in [4.78, 5) is 0. The van der Waals surface area contributed by atoms with Gasteiger partial charge in [-0.2, -0.15) is 0 Å². The fourth-order valence-electron chi connectivity index (χ4n) is 3.01. The second kappa shape index (κ2) is 6.51. The number of aromatic nitrogens is 1. The zero-order valence-corrected chi connectivity index (χ0v) is 13.3. The minimum absolute atomic E-state index is 0.391. The summed E-state index contributed by atoms with van der Waals surface area (Å²) < 4.78 is 2.23. The number of para-hydroxylation sites is 2. The Labute approximate surface area is 131 Å². The first-order valence-corrected chi connectivity index (χ1v) is 8.01. The topological polar surface area (TPSA) is 37.2 Å². The highest BCUT2D eigenvalue weighted by Gasteiger charge is 2.13. The fraction of sp³-hybridized carbons (Fsp3) is 0.368. The number of benzene rings is 2. The van der Waals surface area contributed by atoms with Gasteiger partial charge in [0, 0.05) is 28.4 Å². The molecule has 3 heteroatoms. The van der Waals surface area contributed by atoms with Crippen molar-refractivity contribution in [2.45, 2.75) is 26.5 Å². The van der Waals surface area contributed by atoms with E-state index in [0.717, 1.165) is 6.54 Å². The van der Waals surface area contributed by atoms with Gasteiger partial charge in [-0.15, -0.1) is 0 Å². The van der Waals surface area contributed by atoms with Crippen LogP contribution in [0.25, 0.3) is 21.8 Å². The molecule has 3 aromatic rings. The average molecular weight is 296 g/mol. The Morgan fingerprint density at radius 1 is 0.909 bits per heavy atom. The van der Waals surface area contributed by atoms with Crippen LogP contribution >= 0.6 is 0 Å². The first-order valence-electron chi connectivity index (χ1n) is 8.01. The van der Waals surface area contributed by atoms with E-state index >= 15 is 0 Å². The van der Waals surface area contributed by atoms with Gasteiger partial charge in [0.1, 0.15) is 0 Å². The van der Waals surface area contributed by atoms with Crippen molar-refractivity contribution in [1.82, 2.24) is 9.88 Å². The number of hydrogen-bond acceptors (Lipinski definition) is 2. The van der Waals surface area contributed by atoms with Gasteiger partial charge in [0.15, 0.2) is 0 Å². The van der Waals surface area contributed by atoms with Crippen LogP contribution in [0.4, 0.5) is 0 Å². The molecular weight excluding hydrogens is 272 g/mol. The van der Waals surface area contributed by atoms with Gasteiger partial charge < -0.3 is 15.0 Å². The highest BCUT2D eigenvalue weighted by molar-refractivity contribution is 6.07. The third-order valence-electron chi connectivity index (χ3n) is 4.01. The molecule has 2 N–H and O–H groups in total. The van der Waals surface area contributed by atoms with Crippen molar-refractivity contribution < 1.29 is 5.11 Å². The fourth-order valence-corrected chi connectivity index (χ4v) is 3.01. The second-order valence-electron chi connectivity index (χ2n) is 6.35. The SMILES string of the molecule is CC(C)CNCC(O)Cn1c2ccccc2c2ccccc21. The van der Waals surface area contributed by atoms with Gasteiger partial charge in [-0.25, -0.2) is 0 Å². The quantitative estimate of drug-likeness (QED) is 0.731. The summed E-state index contributed by atoms with van der Waals surface area (Å²) in [5.41, 5.74) is 2.37. The predicted octanol–water partition coefficient (Wildman–Crippen LogP) is 3.40. The van der Waals surface area contributed by atoms with Crippen molar-refractivity contribution in [3.05, 3.63) is 48.5 Å². The van der Waals surface area contributed by atoms with Crippen molar-refractivity contribution in [2.75, 3.05) is 13.1 Å². The Kier molecular flexibility index (Phi) is 4.46. The third-order valence-corrected chi connectivity index (χ3v) is 4.01. The molecule has 3 nitrogen and oxygen atoms in total. The van der Waals surface area contributed by atoms with E-state index in [1.165, 1.54) is 21.8 Å². The summed E-state index contributed by atoms with van der Waals surface area (Å²) in [6, 6.07) is 16.8. The number of aliphatic hydroxyl groups excluding tert-OH is 1. The lowest BCUT2D eigenvalue weighted by molar-refractivity contribution is 0.153. The molecule has 1 unspecified atom stereocenters. The van der Waals surface area contributed by atoms with E-state index < -0.39 is 6.10 Å². The second-order valence-corrected chi connectivity index (χ2v) is 6.35. The van der Waals surface area contributed by atoms with Crippen LogP contribution in [0.15, 0.2) is 48.5 Å². The van der Waals surface area contributed by atoms with Crippen molar-refractivity contribution in [1.29, 1.82) is 0 Å². The molecule has 0 aliphatic heterocycles. The van der Waals surface area contributed by atoms with E-state index in [2.05, 4.69) is 72.3 Å². The normalized spacial score (nSPS) is 13.3. The molecule has 0 amide bonds. The minimum Gasteiger partial charge on any atom is -0.390 e. The number of fused-ring (bicyclic) bond motifs is 3. The minimum atomic E-state index is -0.391. The summed E-state index contributed by atoms with van der Waals surface area (Å²) in [5.74, 6) is 0.598. The average Bonchev–Trinajstić information content (AvgIpc) is 2.82. The molecular formula is C19H24N2O. The van der Waals surface area contributed by atoms with E-state index in [1.807, 2.05) is 0 Å². The van der Waals surface area contributed by atoms with Crippen LogP contribution in [0.3, 0.4) is 0 Å². The lowest BCUT2D eigenvalue weighted by Crippen LogP contribution is -2.32. The van der Waals surface area contributed by atoms with Crippen molar-refractivity contribution >= 4 is 21.8 Å². The van der Waals surface area contributed by atoms with Gasteiger partial charge >= 0.3 is 0 Å². The largest absolute Gasteiger partial charge is 0.390 e. The van der Waals surface area contributed by atoms with Gasteiger partial charge in [-0.1, -0.05) is 50.2 Å². The Morgan fingerprint density at radius 3 is 2.00 bits per heavy atom. The first kappa shape index (κ1) is 15.1. The van der Waals surface area contributed by atoms with Crippen LogP contribution in [0.2, 0.25) is 0 Å². The number of hydrogen-bond donors (Lipinski definition) is 2. The van der Waals surface area contributed by atoms with Gasteiger partial charge in [0.25, 0.3) is 0 Å². The maximum Gasteiger partial charge on any atom is 0.0843 e. The van der Waals surface area contributed by atoms with Gasteiger partial charge in [-0.3, -0.25) is 0 Å². The molecule has 0 bridgehead atoms. The monoisotopic (exact) mass is 296 g/mol. The van der Waals surface area contributed by atoms with Crippen LogP contribution < -0.4 is 5.32 Å². The number of nitrogens with one attached hydrogen (secondary N) is 1. The molecule has 0 saturated heterocycles. The maximum atomic E-state index is 10.4. The zero-order chi connectivity index (χ0) is 15.5. The summed E-state index contributed by atoms with van der Waals surface area (Å²) in [6.07, 6.45) is -0.391. The number of nitrogens with zero attached hydrogens (tertiary/aromatic N) is 1. The Balaban J connectivity index is 1.88. The molecule has 0 radical (unpaired) electrons. The predicted molar refractivity (Wildman–Crippen MR) is 93.2 cm³/mol. The van der Waals surface area contributed by atoms with E-state index in [4.69, 9.17) is 0 Å². The van der Waals surface area contributed by atoms with E-state index in [-0.39, 0.29) is 0 Å². The molecule has 1 atom stereocenters. The number of aliphatic hydroxyl groups is 1. The van der Waals surface area contributed by atoms with Crippen LogP contribution in [0, 0.1) is 5.92 Å². The van der Waals surface area contributed by atoms with Crippen LogP contribution in [0.1, 0.15) is 13.8 Å². The molecule has 1 heterocycles. The molecule has 2 aromatic carbocycles. The van der Waals surface area contributed by atoms with Crippen molar-refractivity contribution in [3.63, 3.8) is 0 Å². The summed E-state index contributed by atoms with van der Waals surface area (Å²) in [6.45, 7) is 6.51.